The van der Waals surface area contributed by atoms with Gasteiger partial charge in [-0.1, -0.05) is 0 Å². The Kier molecular flexibility index (Phi) is 2.15. The zero-order valence-electron chi connectivity index (χ0n) is 6.94. The maximum Gasteiger partial charge on any atom is 0.131 e. The molecular weight excluding hydrogens is 162 g/mol. The Hall–Kier alpha value is -1.95. The lowest BCUT2D eigenvalue weighted by atomic mass is 10.3. The molecule has 0 aliphatic carbocycles. The van der Waals surface area contributed by atoms with E-state index < -0.39 is 0 Å². The third-order valence-corrected chi connectivity index (χ3v) is 1.53. The van der Waals surface area contributed by atoms with Crippen LogP contribution in [0.4, 0.5) is 0 Å². The number of allylic oxidation sites excluding steroid dienone is 2. The van der Waals surface area contributed by atoms with E-state index in [2.05, 4.69) is 26.8 Å². The zero-order chi connectivity index (χ0) is 8.93. The van der Waals surface area contributed by atoms with Crippen molar-refractivity contribution in [1.82, 2.24) is 9.97 Å². The van der Waals surface area contributed by atoms with Gasteiger partial charge in [-0.2, -0.15) is 0 Å². The van der Waals surface area contributed by atoms with Crippen molar-refractivity contribution in [3.05, 3.63) is 36.1 Å². The Morgan fingerprint density at radius 1 is 1.23 bits per heavy atom. The minimum absolute atomic E-state index is 0.672. The molecule has 2 rings (SSSR count). The molecule has 0 saturated carbocycles. The van der Waals surface area contributed by atoms with Crippen molar-refractivity contribution in [2.24, 2.45) is 4.99 Å². The van der Waals surface area contributed by atoms with E-state index in [0.717, 1.165) is 12.1 Å². The summed E-state index contributed by atoms with van der Waals surface area (Å²) < 4.78 is 0. The number of rotatable bonds is 0. The van der Waals surface area contributed by atoms with E-state index >= 15 is 0 Å². The summed E-state index contributed by atoms with van der Waals surface area (Å²) in [6, 6.07) is 0. The average molecular weight is 169 g/mol. The lowest BCUT2D eigenvalue weighted by Crippen LogP contribution is -1.81. The van der Waals surface area contributed by atoms with Gasteiger partial charge in [-0.05, 0) is 17.9 Å². The molecule has 0 aromatic carbocycles. The zero-order valence-corrected chi connectivity index (χ0v) is 6.94. The smallest absolute Gasteiger partial charge is 0.131 e. The fourth-order valence-electron chi connectivity index (χ4n) is 0.943. The topological polar surface area (TPSA) is 38.1 Å². The lowest BCUT2D eigenvalue weighted by Gasteiger charge is -1.84. The monoisotopic (exact) mass is 169 g/mol. The summed E-state index contributed by atoms with van der Waals surface area (Å²) in [4.78, 5) is 12.0. The number of hydrogen-bond acceptors (Lipinski definition) is 3. The molecule has 1 aromatic rings. The predicted octanol–water partition coefficient (Wildman–Crippen LogP) is 1.19. The average Bonchev–Trinajstić information content (AvgIpc) is 2.69. The van der Waals surface area contributed by atoms with Gasteiger partial charge < -0.3 is 0 Å². The van der Waals surface area contributed by atoms with Crippen molar-refractivity contribution in [3.8, 4) is 11.8 Å². The van der Waals surface area contributed by atoms with Crippen molar-refractivity contribution >= 4 is 6.21 Å². The Balaban J connectivity index is 2.17. The van der Waals surface area contributed by atoms with Gasteiger partial charge in [-0.15, -0.1) is 0 Å². The Labute approximate surface area is 76.3 Å². The second-order valence-corrected chi connectivity index (χ2v) is 2.48. The van der Waals surface area contributed by atoms with Crippen molar-refractivity contribution < 1.29 is 0 Å². The molecule has 1 aliphatic rings. The van der Waals surface area contributed by atoms with Gasteiger partial charge in [0.1, 0.15) is 11.4 Å². The standard InChI is InChI=1S/C10H7N3/c1-2-9(12-5-1)3-4-10-8-11-6-7-13-10/h2,5-8H,1H2. The Morgan fingerprint density at radius 3 is 2.92 bits per heavy atom. The van der Waals surface area contributed by atoms with Crippen molar-refractivity contribution in [2.75, 3.05) is 0 Å². The molecule has 0 N–H and O–H groups in total. The maximum absolute atomic E-state index is 4.07. The normalized spacial score (nSPS) is 13.4. The first-order chi connectivity index (χ1) is 6.45. The van der Waals surface area contributed by atoms with Crippen molar-refractivity contribution in [3.63, 3.8) is 0 Å². The summed E-state index contributed by atoms with van der Waals surface area (Å²) in [7, 11) is 0. The van der Waals surface area contributed by atoms with E-state index in [9.17, 15) is 0 Å². The maximum atomic E-state index is 4.07. The van der Waals surface area contributed by atoms with E-state index in [-0.39, 0.29) is 0 Å². The second-order valence-electron chi connectivity index (χ2n) is 2.48. The summed E-state index contributed by atoms with van der Waals surface area (Å²) in [6.45, 7) is 0. The summed E-state index contributed by atoms with van der Waals surface area (Å²) in [5.74, 6) is 5.79. The third kappa shape index (κ3) is 2.00. The van der Waals surface area contributed by atoms with Crippen LogP contribution in [-0.4, -0.2) is 16.2 Å². The van der Waals surface area contributed by atoms with Gasteiger partial charge in [0.05, 0.1) is 6.20 Å². The molecule has 0 fully saturated rings. The molecule has 0 bridgehead atoms. The first-order valence-electron chi connectivity index (χ1n) is 3.96. The first-order valence-corrected chi connectivity index (χ1v) is 3.96. The predicted molar refractivity (Wildman–Crippen MR) is 50.1 cm³/mol. The summed E-state index contributed by atoms with van der Waals surface area (Å²) >= 11 is 0. The lowest BCUT2D eigenvalue weighted by molar-refractivity contribution is 1.17. The molecule has 0 atom stereocenters. The van der Waals surface area contributed by atoms with Crippen molar-refractivity contribution in [2.45, 2.75) is 6.42 Å². The van der Waals surface area contributed by atoms with Crippen LogP contribution >= 0.6 is 0 Å². The van der Waals surface area contributed by atoms with Crippen LogP contribution in [0.2, 0.25) is 0 Å². The number of aromatic nitrogens is 2. The Bertz CT molecular complexity index is 407. The van der Waals surface area contributed by atoms with Crippen LogP contribution in [0.15, 0.2) is 35.4 Å². The molecule has 62 valence electrons. The van der Waals surface area contributed by atoms with Gasteiger partial charge in [0.25, 0.3) is 0 Å². The number of nitrogens with zero attached hydrogens (tertiary/aromatic N) is 3. The van der Waals surface area contributed by atoms with E-state index in [4.69, 9.17) is 0 Å². The van der Waals surface area contributed by atoms with Crippen LogP contribution in [0.1, 0.15) is 12.1 Å². The Morgan fingerprint density at radius 2 is 2.23 bits per heavy atom. The highest BCUT2D eigenvalue weighted by atomic mass is 14.8. The summed E-state index contributed by atoms with van der Waals surface area (Å²) in [6.07, 6.45) is 9.56. The molecular formula is C10H7N3. The molecule has 0 amide bonds. The minimum Gasteiger partial charge on any atom is -0.260 e. The van der Waals surface area contributed by atoms with Gasteiger partial charge in [0.15, 0.2) is 0 Å². The summed E-state index contributed by atoms with van der Waals surface area (Å²) in [5.41, 5.74) is 1.48. The molecule has 3 nitrogen and oxygen atoms in total. The minimum atomic E-state index is 0.672. The van der Waals surface area contributed by atoms with Gasteiger partial charge >= 0.3 is 0 Å². The molecule has 0 saturated heterocycles. The van der Waals surface area contributed by atoms with E-state index in [1.807, 2.05) is 12.3 Å². The van der Waals surface area contributed by atoms with E-state index in [1.54, 1.807) is 18.6 Å². The highest BCUT2D eigenvalue weighted by molar-refractivity contribution is 5.67. The highest BCUT2D eigenvalue weighted by Gasteiger charge is 1.92. The van der Waals surface area contributed by atoms with Crippen LogP contribution in [0, 0.1) is 11.8 Å². The molecule has 0 radical (unpaired) electrons. The van der Waals surface area contributed by atoms with Crippen LogP contribution in [-0.2, 0) is 0 Å². The van der Waals surface area contributed by atoms with E-state index in [0.29, 0.717) is 5.69 Å². The van der Waals surface area contributed by atoms with Crippen molar-refractivity contribution in [1.29, 1.82) is 0 Å². The van der Waals surface area contributed by atoms with Gasteiger partial charge in [0, 0.05) is 25.0 Å². The fraction of sp³-hybridized carbons (Fsp3) is 0.100. The quantitative estimate of drug-likeness (QED) is 0.547. The van der Waals surface area contributed by atoms with Crippen LogP contribution in [0.25, 0.3) is 0 Å². The number of hydrogen-bond donors (Lipinski definition) is 0. The molecule has 3 heteroatoms. The summed E-state index contributed by atoms with van der Waals surface area (Å²) in [5, 5.41) is 0. The molecule has 0 unspecified atom stereocenters. The molecule has 0 spiro atoms. The first kappa shape index (κ1) is 7.69. The van der Waals surface area contributed by atoms with Crippen LogP contribution in [0.3, 0.4) is 0 Å². The SMILES string of the molecule is C(#Cc1cnccn1)C1=CCC=N1. The fourth-order valence-corrected chi connectivity index (χ4v) is 0.943. The molecule has 1 aliphatic heterocycles. The number of aliphatic imine (C=N–C) groups is 1. The van der Waals surface area contributed by atoms with Gasteiger partial charge in [-0.25, -0.2) is 4.98 Å². The van der Waals surface area contributed by atoms with Gasteiger partial charge in [-0.3, -0.25) is 9.98 Å². The van der Waals surface area contributed by atoms with Gasteiger partial charge in [0.2, 0.25) is 0 Å². The molecule has 2 heterocycles. The highest BCUT2D eigenvalue weighted by Crippen LogP contribution is 2.02. The molecule has 13 heavy (non-hydrogen) atoms. The third-order valence-electron chi connectivity index (χ3n) is 1.53. The van der Waals surface area contributed by atoms with Crippen LogP contribution < -0.4 is 0 Å². The van der Waals surface area contributed by atoms with E-state index in [1.165, 1.54) is 0 Å². The largest absolute Gasteiger partial charge is 0.260 e. The second kappa shape index (κ2) is 3.63. The van der Waals surface area contributed by atoms with Crippen LogP contribution in [0.5, 0.6) is 0 Å². The molecule has 1 aromatic heterocycles.